The van der Waals surface area contributed by atoms with Crippen LogP contribution in [-0.4, -0.2) is 37.2 Å². The van der Waals surface area contributed by atoms with Crippen molar-refractivity contribution in [3.05, 3.63) is 72.9 Å². The number of hydrogen-bond donors (Lipinski definition) is 0. The molecule has 6 heteroatoms. The van der Waals surface area contributed by atoms with Crippen molar-refractivity contribution in [2.45, 2.75) is 264 Å². The van der Waals surface area contributed by atoms with Gasteiger partial charge in [-0.15, -0.1) is 0 Å². The smallest absolute Gasteiger partial charge is 0.306 e. The Morgan fingerprint density at radius 1 is 0.328 bits per heavy atom. The van der Waals surface area contributed by atoms with Gasteiger partial charge >= 0.3 is 17.9 Å². The van der Waals surface area contributed by atoms with E-state index in [2.05, 4.69) is 93.7 Å². The summed E-state index contributed by atoms with van der Waals surface area (Å²) in [4.78, 5) is 38.0. The van der Waals surface area contributed by atoms with Crippen LogP contribution in [0.3, 0.4) is 0 Å². The molecule has 0 aliphatic rings. The van der Waals surface area contributed by atoms with E-state index < -0.39 is 6.10 Å². The van der Waals surface area contributed by atoms with E-state index in [4.69, 9.17) is 14.2 Å². The first-order chi connectivity index (χ1) is 31.5. The molecule has 1 unspecified atom stereocenters. The van der Waals surface area contributed by atoms with Crippen LogP contribution in [0.15, 0.2) is 72.9 Å². The van der Waals surface area contributed by atoms with Crippen molar-refractivity contribution in [1.82, 2.24) is 0 Å². The van der Waals surface area contributed by atoms with E-state index in [-0.39, 0.29) is 31.1 Å². The molecule has 0 amide bonds. The minimum atomic E-state index is -0.791. The molecule has 6 nitrogen and oxygen atoms in total. The van der Waals surface area contributed by atoms with Gasteiger partial charge in [0.05, 0.1) is 0 Å². The molecule has 0 aromatic rings. The van der Waals surface area contributed by atoms with E-state index in [1.165, 1.54) is 116 Å². The van der Waals surface area contributed by atoms with Gasteiger partial charge in [-0.3, -0.25) is 14.4 Å². The molecule has 0 aliphatic heterocycles. The van der Waals surface area contributed by atoms with Crippen molar-refractivity contribution >= 4 is 17.9 Å². The topological polar surface area (TPSA) is 78.9 Å². The molecule has 0 bridgehead atoms. The van der Waals surface area contributed by atoms with Crippen molar-refractivity contribution in [2.24, 2.45) is 0 Å². The second kappa shape index (κ2) is 52.5. The lowest BCUT2D eigenvalue weighted by Gasteiger charge is -2.18. The van der Waals surface area contributed by atoms with E-state index >= 15 is 0 Å². The summed E-state index contributed by atoms with van der Waals surface area (Å²) in [5.74, 6) is -0.926. The fourth-order valence-electron chi connectivity index (χ4n) is 7.40. The van der Waals surface area contributed by atoms with Crippen LogP contribution in [0.1, 0.15) is 258 Å². The lowest BCUT2D eigenvalue weighted by atomic mass is 10.0. The van der Waals surface area contributed by atoms with Crippen LogP contribution >= 0.6 is 0 Å². The highest BCUT2D eigenvalue weighted by molar-refractivity contribution is 5.71. The lowest BCUT2D eigenvalue weighted by Crippen LogP contribution is -2.30. The zero-order valence-electron chi connectivity index (χ0n) is 42.0. The molecular formula is C58H100O6. The second-order valence-corrected chi connectivity index (χ2v) is 17.8. The van der Waals surface area contributed by atoms with Crippen LogP contribution in [0, 0.1) is 0 Å². The number of hydrogen-bond acceptors (Lipinski definition) is 6. The third-order valence-electron chi connectivity index (χ3n) is 11.4. The quantitative estimate of drug-likeness (QED) is 0.0262. The summed E-state index contributed by atoms with van der Waals surface area (Å²) in [7, 11) is 0. The predicted octanol–water partition coefficient (Wildman–Crippen LogP) is 17.8. The molecule has 0 aliphatic carbocycles. The van der Waals surface area contributed by atoms with Crippen LogP contribution in [0.2, 0.25) is 0 Å². The van der Waals surface area contributed by atoms with Crippen LogP contribution < -0.4 is 0 Å². The predicted molar refractivity (Wildman–Crippen MR) is 274 cm³/mol. The van der Waals surface area contributed by atoms with Gasteiger partial charge in [0.15, 0.2) is 6.10 Å². The standard InChI is InChI=1S/C58H100O6/c1-4-7-10-13-16-19-22-25-27-28-29-30-31-34-36-39-42-45-48-51-57(60)63-54-55(53-62-56(59)50-47-44-41-38-35-32-24-21-18-15-12-9-6-3)64-58(61)52-49-46-43-40-37-33-26-23-20-17-14-11-8-5-2/h9,12,16,18-19,21,25,27,29-30,32,35,55H,4-8,10-11,13-15,17,20,22-24,26,28,31,33-34,36-54H2,1-3H3/b12-9-,19-16-,21-18-,27-25-,30-29-,35-32-. The van der Waals surface area contributed by atoms with Gasteiger partial charge in [-0.1, -0.05) is 222 Å². The van der Waals surface area contributed by atoms with E-state index in [0.717, 1.165) is 103 Å². The lowest BCUT2D eigenvalue weighted by molar-refractivity contribution is -0.167. The van der Waals surface area contributed by atoms with Gasteiger partial charge in [-0.25, -0.2) is 0 Å². The van der Waals surface area contributed by atoms with Gasteiger partial charge in [0.2, 0.25) is 0 Å². The zero-order chi connectivity index (χ0) is 46.5. The molecule has 1 atom stereocenters. The summed E-state index contributed by atoms with van der Waals surface area (Å²) in [5, 5.41) is 0. The summed E-state index contributed by atoms with van der Waals surface area (Å²) in [6, 6.07) is 0. The highest BCUT2D eigenvalue weighted by Gasteiger charge is 2.19. The van der Waals surface area contributed by atoms with Crippen molar-refractivity contribution in [3.8, 4) is 0 Å². The monoisotopic (exact) mass is 893 g/mol. The SMILES string of the molecule is CC/C=C\C/C=C\C/C=C\CCCCCC(=O)OCC(COC(=O)CCCCCCCC/C=C\C/C=C\C/C=C\CCCCC)OC(=O)CCCCCCCCCCCCCCCC. The normalized spacial score (nSPS) is 12.6. The molecule has 0 radical (unpaired) electrons. The first-order valence-corrected chi connectivity index (χ1v) is 26.9. The van der Waals surface area contributed by atoms with Gasteiger partial charge in [0.25, 0.3) is 0 Å². The van der Waals surface area contributed by atoms with E-state index in [1.807, 2.05) is 0 Å². The average molecular weight is 893 g/mol. The molecule has 0 spiro atoms. The number of carbonyl (C=O) groups excluding carboxylic acids is 3. The Labute approximate surface area is 395 Å². The highest BCUT2D eigenvalue weighted by Crippen LogP contribution is 2.15. The number of allylic oxidation sites excluding steroid dienone is 12. The van der Waals surface area contributed by atoms with Crippen LogP contribution in [0.5, 0.6) is 0 Å². The van der Waals surface area contributed by atoms with Crippen LogP contribution in [0.4, 0.5) is 0 Å². The van der Waals surface area contributed by atoms with E-state index in [9.17, 15) is 14.4 Å². The Hall–Kier alpha value is -3.15. The molecule has 0 aromatic heterocycles. The molecule has 0 rings (SSSR count). The summed E-state index contributed by atoms with van der Waals surface area (Å²) in [6.07, 6.45) is 66.0. The Bertz CT molecular complexity index is 1210. The summed E-state index contributed by atoms with van der Waals surface area (Å²) in [6.45, 7) is 6.47. The molecule has 368 valence electrons. The molecule has 0 fully saturated rings. The van der Waals surface area contributed by atoms with Crippen molar-refractivity contribution < 1.29 is 28.6 Å². The fourth-order valence-corrected chi connectivity index (χ4v) is 7.40. The fraction of sp³-hybridized carbons (Fsp3) is 0.741. The van der Waals surface area contributed by atoms with Gasteiger partial charge in [0, 0.05) is 19.3 Å². The average Bonchev–Trinajstić information content (AvgIpc) is 3.29. The molecule has 0 heterocycles. The molecule has 0 N–H and O–H groups in total. The number of carbonyl (C=O) groups is 3. The third-order valence-corrected chi connectivity index (χ3v) is 11.4. The van der Waals surface area contributed by atoms with Crippen molar-refractivity contribution in [1.29, 1.82) is 0 Å². The molecule has 0 saturated heterocycles. The zero-order valence-corrected chi connectivity index (χ0v) is 42.0. The van der Waals surface area contributed by atoms with Gasteiger partial charge < -0.3 is 14.2 Å². The Kier molecular flexibility index (Phi) is 49.9. The van der Waals surface area contributed by atoms with Gasteiger partial charge in [-0.2, -0.15) is 0 Å². The maximum absolute atomic E-state index is 12.8. The summed E-state index contributed by atoms with van der Waals surface area (Å²) >= 11 is 0. The van der Waals surface area contributed by atoms with Crippen LogP contribution in [-0.2, 0) is 28.6 Å². The molecule has 64 heavy (non-hydrogen) atoms. The Morgan fingerprint density at radius 3 is 1.00 bits per heavy atom. The van der Waals surface area contributed by atoms with E-state index in [0.29, 0.717) is 19.3 Å². The van der Waals surface area contributed by atoms with E-state index in [1.54, 1.807) is 0 Å². The second-order valence-electron chi connectivity index (χ2n) is 17.8. The first-order valence-electron chi connectivity index (χ1n) is 26.9. The maximum Gasteiger partial charge on any atom is 0.306 e. The van der Waals surface area contributed by atoms with Gasteiger partial charge in [0.1, 0.15) is 13.2 Å². The molecular weight excluding hydrogens is 793 g/mol. The Balaban J connectivity index is 4.41. The number of rotatable bonds is 48. The van der Waals surface area contributed by atoms with Crippen LogP contribution in [0.25, 0.3) is 0 Å². The largest absolute Gasteiger partial charge is 0.462 e. The number of esters is 3. The third kappa shape index (κ3) is 49.9. The maximum atomic E-state index is 12.8. The molecule has 0 aromatic carbocycles. The highest BCUT2D eigenvalue weighted by atomic mass is 16.6. The molecule has 0 saturated carbocycles. The first kappa shape index (κ1) is 60.9. The minimum Gasteiger partial charge on any atom is -0.462 e. The van der Waals surface area contributed by atoms with Crippen molar-refractivity contribution in [2.75, 3.05) is 13.2 Å². The number of unbranched alkanes of at least 4 members (excludes halogenated alkanes) is 25. The Morgan fingerprint density at radius 2 is 0.609 bits per heavy atom. The summed E-state index contributed by atoms with van der Waals surface area (Å²) < 4.78 is 16.8. The van der Waals surface area contributed by atoms with Crippen molar-refractivity contribution in [3.63, 3.8) is 0 Å². The minimum absolute atomic E-state index is 0.0902. The van der Waals surface area contributed by atoms with Gasteiger partial charge in [-0.05, 0) is 89.9 Å². The number of ether oxygens (including phenoxy) is 3. The summed E-state index contributed by atoms with van der Waals surface area (Å²) in [5.41, 5.74) is 0.